The van der Waals surface area contributed by atoms with Gasteiger partial charge in [-0.1, -0.05) is 83.5 Å². The Hall–Kier alpha value is 2.80. The summed E-state index contributed by atoms with van der Waals surface area (Å²) >= 11 is 17.4. The molecule has 57 heavy (non-hydrogen) atoms. The van der Waals surface area contributed by atoms with E-state index in [1.807, 2.05) is 35.3 Å². The fourth-order valence-electron chi connectivity index (χ4n) is 9.34. The van der Waals surface area contributed by atoms with Gasteiger partial charge in [0.25, 0.3) is 0 Å². The van der Waals surface area contributed by atoms with E-state index < -0.39 is 0 Å². The Labute approximate surface area is 393 Å². The van der Waals surface area contributed by atoms with E-state index in [1.54, 1.807) is 6.42 Å². The molecule has 2 saturated carbocycles. The summed E-state index contributed by atoms with van der Waals surface area (Å²) in [5.74, 6) is 23.4. The van der Waals surface area contributed by atoms with E-state index >= 15 is 0 Å². The quantitative estimate of drug-likeness (QED) is 0.0548. The molecule has 0 aromatic rings. The molecule has 5 atom stereocenters. The Balaban J connectivity index is 1.52. The van der Waals surface area contributed by atoms with Crippen LogP contribution in [0.3, 0.4) is 0 Å². The maximum Gasteiger partial charge on any atom is -0.00648 e. The van der Waals surface area contributed by atoms with Gasteiger partial charge in [0, 0.05) is 0 Å². The van der Waals surface area contributed by atoms with Crippen LogP contribution in [-0.4, -0.2) is 93.6 Å². The second-order valence-electron chi connectivity index (χ2n) is 17.6. The van der Waals surface area contributed by atoms with E-state index in [0.29, 0.717) is 0 Å². The van der Waals surface area contributed by atoms with Crippen molar-refractivity contribution in [3.8, 4) is 0 Å². The highest BCUT2D eigenvalue weighted by molar-refractivity contribution is 8.00. The van der Waals surface area contributed by atoms with Crippen molar-refractivity contribution in [3.05, 3.63) is 0 Å². The highest BCUT2D eigenvalue weighted by atomic mass is 32.2. The molecular weight excluding hydrogens is 845 g/mol. The fraction of sp³-hybridized carbons (Fsp3) is 1.00. The predicted molar refractivity (Wildman–Crippen MR) is 288 cm³/mol. The van der Waals surface area contributed by atoms with Crippen LogP contribution in [0.2, 0.25) is 0 Å². The van der Waals surface area contributed by atoms with Crippen molar-refractivity contribution in [2.75, 3.05) is 93.6 Å². The molecule has 0 amide bonds. The van der Waals surface area contributed by atoms with Gasteiger partial charge in [0.1, 0.15) is 0 Å². The molecule has 0 saturated heterocycles. The van der Waals surface area contributed by atoms with Crippen molar-refractivity contribution in [1.82, 2.24) is 0 Å². The number of rotatable bonds is 43. The standard InChI is InChI=1S/C49H96S8/c1-50-31-14-4-7-17-34-53-39-26-45-24-25-48(29-42-56-36-19-9-6-16-33-52-3)49(44-45)30-43-57-38-21-11-10-20-37-55-41-28-47-23-13-12-22-46(47)27-40-54-35-18-8-5-15-32-51-2/h45-49H,4-44H2,1-3H3. The molecular formula is C49H96S8. The van der Waals surface area contributed by atoms with Gasteiger partial charge in [-0.15, -0.1) is 0 Å². The van der Waals surface area contributed by atoms with Crippen LogP contribution in [0.5, 0.6) is 0 Å². The highest BCUT2D eigenvalue weighted by Gasteiger charge is 2.30. The predicted octanol–water partition coefficient (Wildman–Crippen LogP) is 17.8. The minimum Gasteiger partial charge on any atom is -0.165 e. The normalized spacial score (nSPS) is 21.4. The van der Waals surface area contributed by atoms with Crippen LogP contribution >= 0.6 is 94.1 Å². The third-order valence-corrected chi connectivity index (χ3v) is 20.6. The molecule has 0 heterocycles. The van der Waals surface area contributed by atoms with E-state index in [4.69, 9.17) is 0 Å². The van der Waals surface area contributed by atoms with Gasteiger partial charge in [0.2, 0.25) is 0 Å². The Bertz CT molecular complexity index is 801. The van der Waals surface area contributed by atoms with Gasteiger partial charge < -0.3 is 0 Å². The average Bonchev–Trinajstić information content (AvgIpc) is 3.23. The van der Waals surface area contributed by atoms with Crippen LogP contribution < -0.4 is 0 Å². The molecule has 0 aliphatic heterocycles. The van der Waals surface area contributed by atoms with Gasteiger partial charge in [-0.05, 0) is 219 Å². The summed E-state index contributed by atoms with van der Waals surface area (Å²) in [4.78, 5) is 0. The summed E-state index contributed by atoms with van der Waals surface area (Å²) < 4.78 is 0. The summed E-state index contributed by atoms with van der Waals surface area (Å²) in [6.07, 6.45) is 48.0. The monoisotopic (exact) mass is 941 g/mol. The van der Waals surface area contributed by atoms with Gasteiger partial charge in [-0.25, -0.2) is 0 Å². The minimum absolute atomic E-state index is 1.01. The molecule has 0 nitrogen and oxygen atoms in total. The van der Waals surface area contributed by atoms with Crippen LogP contribution in [-0.2, 0) is 0 Å². The molecule has 0 bridgehead atoms. The summed E-state index contributed by atoms with van der Waals surface area (Å²) in [5.41, 5.74) is 0. The van der Waals surface area contributed by atoms with Crippen molar-refractivity contribution < 1.29 is 0 Å². The van der Waals surface area contributed by atoms with E-state index in [2.05, 4.69) is 77.6 Å². The SMILES string of the molecule is CSCCCCCCSCCC1CCC(CCSCCCCCCSC)C(CCSCCCCCCSCCC2CCCCC2CCSCCCCCCSC)C1. The maximum absolute atomic E-state index is 2.31. The van der Waals surface area contributed by atoms with Crippen LogP contribution in [0, 0.1) is 29.6 Å². The van der Waals surface area contributed by atoms with E-state index in [1.165, 1.54) is 248 Å². The van der Waals surface area contributed by atoms with Gasteiger partial charge in [0.15, 0.2) is 0 Å². The largest absolute Gasteiger partial charge is 0.165 e. The number of thioether (sulfide) groups is 8. The summed E-state index contributed by atoms with van der Waals surface area (Å²) in [7, 11) is 0. The Morgan fingerprint density at radius 1 is 0.281 bits per heavy atom. The zero-order valence-electron chi connectivity index (χ0n) is 38.1. The second-order valence-corrected chi connectivity index (χ2v) is 26.7. The van der Waals surface area contributed by atoms with Crippen LogP contribution in [0.25, 0.3) is 0 Å². The number of hydrogen-bond acceptors (Lipinski definition) is 8. The molecule has 2 aliphatic rings. The lowest BCUT2D eigenvalue weighted by Crippen LogP contribution is -2.26. The van der Waals surface area contributed by atoms with Crippen LogP contribution in [0.1, 0.15) is 180 Å². The molecule has 5 unspecified atom stereocenters. The summed E-state index contributed by atoms with van der Waals surface area (Å²) in [6.45, 7) is 0. The van der Waals surface area contributed by atoms with E-state index in [-0.39, 0.29) is 0 Å². The molecule has 340 valence electrons. The molecule has 2 fully saturated rings. The summed E-state index contributed by atoms with van der Waals surface area (Å²) in [5, 5.41) is 0. The molecule has 0 aromatic heterocycles. The first kappa shape index (κ1) is 55.9. The van der Waals surface area contributed by atoms with E-state index in [0.717, 1.165) is 29.6 Å². The van der Waals surface area contributed by atoms with Crippen molar-refractivity contribution in [2.24, 2.45) is 29.6 Å². The first-order chi connectivity index (χ1) is 28.3. The van der Waals surface area contributed by atoms with Crippen molar-refractivity contribution in [3.63, 3.8) is 0 Å². The molecule has 0 spiro atoms. The average molecular weight is 942 g/mol. The molecule has 0 radical (unpaired) electrons. The highest BCUT2D eigenvalue weighted by Crippen LogP contribution is 2.41. The Morgan fingerprint density at radius 3 is 0.930 bits per heavy atom. The first-order valence-electron chi connectivity index (χ1n) is 24.6. The topological polar surface area (TPSA) is 0 Å². The lowest BCUT2D eigenvalue weighted by molar-refractivity contribution is 0.169. The Morgan fingerprint density at radius 2 is 0.579 bits per heavy atom. The Kier molecular flexibility index (Phi) is 43.2. The maximum atomic E-state index is 2.31. The lowest BCUT2D eigenvalue weighted by Gasteiger charge is -2.36. The van der Waals surface area contributed by atoms with Crippen molar-refractivity contribution in [1.29, 1.82) is 0 Å². The number of hydrogen-bond donors (Lipinski definition) is 0. The van der Waals surface area contributed by atoms with Gasteiger partial charge in [-0.3, -0.25) is 0 Å². The first-order valence-corrected chi connectivity index (χ1v) is 34.6. The number of unbranched alkanes of at least 4 members (excludes halogenated alkanes) is 12. The van der Waals surface area contributed by atoms with E-state index in [9.17, 15) is 0 Å². The zero-order valence-corrected chi connectivity index (χ0v) is 44.7. The lowest BCUT2D eigenvalue weighted by atomic mass is 9.71. The van der Waals surface area contributed by atoms with Crippen LogP contribution in [0.15, 0.2) is 0 Å². The van der Waals surface area contributed by atoms with Gasteiger partial charge >= 0.3 is 0 Å². The molecule has 0 N–H and O–H groups in total. The third kappa shape index (κ3) is 33.9. The van der Waals surface area contributed by atoms with Crippen molar-refractivity contribution in [2.45, 2.75) is 180 Å². The molecule has 8 heteroatoms. The minimum atomic E-state index is 1.01. The smallest absolute Gasteiger partial charge is 0.00648 e. The second kappa shape index (κ2) is 44.0. The summed E-state index contributed by atoms with van der Waals surface area (Å²) in [6, 6.07) is 0. The van der Waals surface area contributed by atoms with Gasteiger partial charge in [0.05, 0.1) is 0 Å². The van der Waals surface area contributed by atoms with Crippen LogP contribution in [0.4, 0.5) is 0 Å². The zero-order chi connectivity index (χ0) is 40.5. The molecule has 0 aromatic carbocycles. The fourth-order valence-corrected chi connectivity index (χ4v) is 16.3. The molecule has 2 aliphatic carbocycles. The third-order valence-electron chi connectivity index (χ3n) is 13.0. The van der Waals surface area contributed by atoms with Crippen molar-refractivity contribution >= 4 is 94.1 Å². The molecule has 2 rings (SSSR count). The van der Waals surface area contributed by atoms with Gasteiger partial charge in [-0.2, -0.15) is 94.1 Å².